The van der Waals surface area contributed by atoms with Crippen molar-refractivity contribution >= 4 is 0 Å². The second-order valence-corrected chi connectivity index (χ2v) is 4.42. The summed E-state index contributed by atoms with van der Waals surface area (Å²) in [6.07, 6.45) is 8.17. The van der Waals surface area contributed by atoms with Crippen molar-refractivity contribution in [1.29, 1.82) is 0 Å². The van der Waals surface area contributed by atoms with E-state index in [0.717, 1.165) is 12.3 Å². The Labute approximate surface area is 76.2 Å². The molecule has 2 unspecified atom stereocenters. The minimum atomic E-state index is -0.103. The molecule has 1 nitrogen and oxygen atoms in total. The van der Waals surface area contributed by atoms with Crippen molar-refractivity contribution in [2.45, 2.75) is 52.1 Å². The molecule has 1 aliphatic rings. The molecule has 1 aliphatic carbocycles. The first-order chi connectivity index (χ1) is 5.68. The van der Waals surface area contributed by atoms with Crippen molar-refractivity contribution in [3.05, 3.63) is 6.42 Å². The van der Waals surface area contributed by atoms with Crippen molar-refractivity contribution in [2.75, 3.05) is 0 Å². The van der Waals surface area contributed by atoms with Gasteiger partial charge in [-0.2, -0.15) is 0 Å². The van der Waals surface area contributed by atoms with Crippen molar-refractivity contribution in [3.63, 3.8) is 0 Å². The van der Waals surface area contributed by atoms with Crippen LogP contribution in [-0.2, 0) is 0 Å². The van der Waals surface area contributed by atoms with Crippen LogP contribution in [0.4, 0.5) is 0 Å². The van der Waals surface area contributed by atoms with Gasteiger partial charge in [0.15, 0.2) is 0 Å². The van der Waals surface area contributed by atoms with E-state index in [-0.39, 0.29) is 6.10 Å². The molecule has 1 saturated carbocycles. The van der Waals surface area contributed by atoms with E-state index >= 15 is 0 Å². The van der Waals surface area contributed by atoms with Crippen LogP contribution in [0.5, 0.6) is 0 Å². The zero-order valence-electron chi connectivity index (χ0n) is 8.29. The van der Waals surface area contributed by atoms with Crippen LogP contribution in [0.3, 0.4) is 0 Å². The van der Waals surface area contributed by atoms with E-state index < -0.39 is 0 Å². The molecule has 1 radical (unpaired) electrons. The number of aliphatic hydroxyl groups is 1. The van der Waals surface area contributed by atoms with Gasteiger partial charge < -0.3 is 5.11 Å². The van der Waals surface area contributed by atoms with E-state index in [4.69, 9.17) is 0 Å². The quantitative estimate of drug-likeness (QED) is 0.686. The lowest BCUT2D eigenvalue weighted by Gasteiger charge is -2.09. The number of aliphatic hydroxyl groups excluding tert-OH is 1. The molecule has 0 aliphatic heterocycles. The second-order valence-electron chi connectivity index (χ2n) is 4.42. The largest absolute Gasteiger partial charge is 0.393 e. The first-order valence-corrected chi connectivity index (χ1v) is 5.21. The van der Waals surface area contributed by atoms with Crippen LogP contribution in [0.1, 0.15) is 46.0 Å². The average Bonchev–Trinajstić information content (AvgIpc) is 2.35. The van der Waals surface area contributed by atoms with E-state index in [1.54, 1.807) is 0 Å². The fraction of sp³-hybridized carbons (Fsp3) is 0.909. The lowest BCUT2D eigenvalue weighted by atomic mass is 9.97. The van der Waals surface area contributed by atoms with Crippen molar-refractivity contribution in [1.82, 2.24) is 0 Å². The molecule has 0 saturated heterocycles. The average molecular weight is 169 g/mol. The third kappa shape index (κ3) is 3.57. The summed E-state index contributed by atoms with van der Waals surface area (Å²) < 4.78 is 0. The predicted octanol–water partition coefficient (Wildman–Crippen LogP) is 2.79. The maximum absolute atomic E-state index is 9.25. The highest BCUT2D eigenvalue weighted by molar-refractivity contribution is 4.90. The molecule has 12 heavy (non-hydrogen) atoms. The van der Waals surface area contributed by atoms with Crippen molar-refractivity contribution in [2.24, 2.45) is 11.8 Å². The molecule has 0 aromatic carbocycles. The molecule has 0 aromatic rings. The first kappa shape index (κ1) is 10.0. The van der Waals surface area contributed by atoms with Gasteiger partial charge in [-0.3, -0.25) is 0 Å². The summed E-state index contributed by atoms with van der Waals surface area (Å²) in [7, 11) is 0. The fourth-order valence-corrected chi connectivity index (χ4v) is 1.92. The van der Waals surface area contributed by atoms with Gasteiger partial charge >= 0.3 is 0 Å². The zero-order valence-corrected chi connectivity index (χ0v) is 8.29. The maximum Gasteiger partial charge on any atom is 0.0574 e. The summed E-state index contributed by atoms with van der Waals surface area (Å²) >= 11 is 0. The molecular weight excluding hydrogens is 148 g/mol. The van der Waals surface area contributed by atoms with Gasteiger partial charge in [0.25, 0.3) is 0 Å². The molecule has 1 fully saturated rings. The van der Waals surface area contributed by atoms with E-state index in [0.29, 0.717) is 5.92 Å². The molecular formula is C11H21O. The maximum atomic E-state index is 9.25. The fourth-order valence-electron chi connectivity index (χ4n) is 1.92. The van der Waals surface area contributed by atoms with Crippen LogP contribution in [0, 0.1) is 18.3 Å². The number of hydrogen-bond donors (Lipinski definition) is 1. The Hall–Kier alpha value is -0.0400. The van der Waals surface area contributed by atoms with E-state index in [2.05, 4.69) is 20.3 Å². The van der Waals surface area contributed by atoms with Crippen LogP contribution in [0.2, 0.25) is 0 Å². The van der Waals surface area contributed by atoms with Crippen molar-refractivity contribution < 1.29 is 5.11 Å². The lowest BCUT2D eigenvalue weighted by Crippen LogP contribution is -2.02. The minimum Gasteiger partial charge on any atom is -0.393 e. The summed E-state index contributed by atoms with van der Waals surface area (Å²) in [6, 6.07) is 0. The molecule has 1 N–H and O–H groups in total. The van der Waals surface area contributed by atoms with E-state index in [1.165, 1.54) is 25.7 Å². The monoisotopic (exact) mass is 169 g/mol. The van der Waals surface area contributed by atoms with Crippen LogP contribution in [0.15, 0.2) is 0 Å². The molecule has 0 amide bonds. The van der Waals surface area contributed by atoms with Gasteiger partial charge in [-0.1, -0.05) is 33.1 Å². The van der Waals surface area contributed by atoms with E-state index in [1.807, 2.05) is 0 Å². The molecule has 0 bridgehead atoms. The number of rotatable bonds is 4. The Balaban J connectivity index is 2.00. The Bertz CT molecular complexity index is 120. The smallest absolute Gasteiger partial charge is 0.0574 e. The highest BCUT2D eigenvalue weighted by atomic mass is 16.3. The molecule has 2 atom stereocenters. The summed E-state index contributed by atoms with van der Waals surface area (Å²) in [5.74, 6) is 1.54. The minimum absolute atomic E-state index is 0.103. The topological polar surface area (TPSA) is 20.2 Å². The van der Waals surface area contributed by atoms with Gasteiger partial charge in [0.05, 0.1) is 6.10 Å². The van der Waals surface area contributed by atoms with E-state index in [9.17, 15) is 5.11 Å². The molecule has 71 valence electrons. The summed E-state index contributed by atoms with van der Waals surface area (Å²) in [5, 5.41) is 9.25. The predicted molar refractivity (Wildman–Crippen MR) is 51.7 cm³/mol. The SMILES string of the molecule is CC(C)CCCC1[CH]C(O)CC1. The summed E-state index contributed by atoms with van der Waals surface area (Å²) in [6.45, 7) is 4.54. The standard InChI is InChI=1S/C11H21O/c1-9(2)4-3-5-10-6-7-11(12)8-10/h8-12H,3-7H2,1-2H3. The molecule has 1 heteroatoms. The second kappa shape index (κ2) is 4.86. The molecule has 1 rings (SSSR count). The van der Waals surface area contributed by atoms with Gasteiger partial charge in [-0.05, 0) is 31.1 Å². The van der Waals surface area contributed by atoms with Crippen molar-refractivity contribution in [3.8, 4) is 0 Å². The summed E-state index contributed by atoms with van der Waals surface area (Å²) in [5.41, 5.74) is 0. The van der Waals surface area contributed by atoms with Crippen LogP contribution in [0.25, 0.3) is 0 Å². The zero-order chi connectivity index (χ0) is 8.97. The highest BCUT2D eigenvalue weighted by Gasteiger charge is 2.22. The third-order valence-corrected chi connectivity index (χ3v) is 2.68. The first-order valence-electron chi connectivity index (χ1n) is 5.21. The summed E-state index contributed by atoms with van der Waals surface area (Å²) in [4.78, 5) is 0. The third-order valence-electron chi connectivity index (χ3n) is 2.68. The van der Waals surface area contributed by atoms with Crippen LogP contribution < -0.4 is 0 Å². The Morgan fingerprint density at radius 2 is 2.17 bits per heavy atom. The van der Waals surface area contributed by atoms with Crippen LogP contribution in [-0.4, -0.2) is 11.2 Å². The Morgan fingerprint density at radius 1 is 1.42 bits per heavy atom. The van der Waals surface area contributed by atoms with Gasteiger partial charge in [0, 0.05) is 0 Å². The van der Waals surface area contributed by atoms with Gasteiger partial charge in [0.2, 0.25) is 0 Å². The number of hydrogen-bond acceptors (Lipinski definition) is 1. The van der Waals surface area contributed by atoms with Crippen LogP contribution >= 0.6 is 0 Å². The van der Waals surface area contributed by atoms with Gasteiger partial charge in [-0.25, -0.2) is 0 Å². The normalized spacial score (nSPS) is 30.0. The van der Waals surface area contributed by atoms with Gasteiger partial charge in [0.1, 0.15) is 0 Å². The highest BCUT2D eigenvalue weighted by Crippen LogP contribution is 2.28. The lowest BCUT2D eigenvalue weighted by molar-refractivity contribution is 0.214. The Morgan fingerprint density at radius 3 is 2.67 bits per heavy atom. The molecule has 0 aromatic heterocycles. The molecule has 0 heterocycles. The Kier molecular flexibility index (Phi) is 4.07. The molecule has 0 spiro atoms. The van der Waals surface area contributed by atoms with Gasteiger partial charge in [-0.15, -0.1) is 0 Å².